The van der Waals surface area contributed by atoms with E-state index in [0.29, 0.717) is 0 Å². The fourth-order valence-corrected chi connectivity index (χ4v) is 4.01. The zero-order chi connectivity index (χ0) is 20.2. The first-order chi connectivity index (χ1) is 13.3. The minimum absolute atomic E-state index is 0. The van der Waals surface area contributed by atoms with E-state index in [0.717, 1.165) is 29.1 Å². The highest BCUT2D eigenvalue weighted by molar-refractivity contribution is 14.0. The van der Waals surface area contributed by atoms with Crippen molar-refractivity contribution in [2.45, 2.75) is 44.1 Å². The van der Waals surface area contributed by atoms with E-state index in [1.54, 1.807) is 17.8 Å². The highest BCUT2D eigenvalue weighted by atomic mass is 127. The third kappa shape index (κ3) is 5.95. The Kier molecular flexibility index (Phi) is 8.54. The van der Waals surface area contributed by atoms with Crippen molar-refractivity contribution in [3.63, 3.8) is 0 Å². The first-order valence-electron chi connectivity index (χ1n) is 9.84. The van der Waals surface area contributed by atoms with Crippen LogP contribution in [-0.2, 0) is 18.1 Å². The number of aromatic nitrogens is 2. The summed E-state index contributed by atoms with van der Waals surface area (Å²) in [6.45, 7) is 5.67. The molecule has 160 valence electrons. The SMILES string of the molecule is CCNC(=NCC(C)(O)c1cnn(C)c1)NCC1(c2cccc(Br)c2)CCC1.I. The fourth-order valence-electron chi connectivity index (χ4n) is 3.61. The van der Waals surface area contributed by atoms with Gasteiger partial charge in [-0.2, -0.15) is 5.10 Å². The number of nitrogens with one attached hydrogen (secondary N) is 2. The molecule has 1 fully saturated rings. The zero-order valence-corrected chi connectivity index (χ0v) is 21.2. The Hall–Kier alpha value is -1.13. The highest BCUT2D eigenvalue weighted by Crippen LogP contribution is 2.43. The van der Waals surface area contributed by atoms with Crippen molar-refractivity contribution in [2.24, 2.45) is 12.0 Å². The van der Waals surface area contributed by atoms with Gasteiger partial charge in [-0.1, -0.05) is 34.5 Å². The second kappa shape index (κ2) is 10.3. The second-order valence-electron chi connectivity index (χ2n) is 7.87. The molecular weight excluding hydrogens is 545 g/mol. The van der Waals surface area contributed by atoms with Gasteiger partial charge in [0.25, 0.3) is 0 Å². The summed E-state index contributed by atoms with van der Waals surface area (Å²) >= 11 is 3.59. The molecule has 1 heterocycles. The van der Waals surface area contributed by atoms with E-state index in [4.69, 9.17) is 0 Å². The van der Waals surface area contributed by atoms with Crippen LogP contribution in [0.25, 0.3) is 0 Å². The van der Waals surface area contributed by atoms with Gasteiger partial charge >= 0.3 is 0 Å². The summed E-state index contributed by atoms with van der Waals surface area (Å²) in [4.78, 5) is 4.64. The van der Waals surface area contributed by atoms with Gasteiger partial charge in [0.1, 0.15) is 5.60 Å². The van der Waals surface area contributed by atoms with Crippen molar-refractivity contribution in [3.05, 3.63) is 52.3 Å². The summed E-state index contributed by atoms with van der Waals surface area (Å²) < 4.78 is 2.80. The number of aliphatic imine (C=N–C) groups is 1. The molecule has 6 nitrogen and oxygen atoms in total. The van der Waals surface area contributed by atoms with Crippen LogP contribution in [-0.4, -0.2) is 40.5 Å². The van der Waals surface area contributed by atoms with Gasteiger partial charge in [0, 0.05) is 41.8 Å². The molecule has 0 bridgehead atoms. The predicted octanol–water partition coefficient (Wildman–Crippen LogP) is 3.69. The maximum atomic E-state index is 10.8. The van der Waals surface area contributed by atoms with Crippen LogP contribution in [0.4, 0.5) is 0 Å². The van der Waals surface area contributed by atoms with Crippen molar-refractivity contribution in [2.75, 3.05) is 19.6 Å². The first-order valence-corrected chi connectivity index (χ1v) is 10.6. The molecule has 1 aliphatic rings. The minimum Gasteiger partial charge on any atom is -0.383 e. The van der Waals surface area contributed by atoms with Gasteiger partial charge in [0.05, 0.1) is 12.7 Å². The molecule has 1 aromatic heterocycles. The van der Waals surface area contributed by atoms with E-state index in [1.165, 1.54) is 24.8 Å². The number of benzene rings is 1. The van der Waals surface area contributed by atoms with Gasteiger partial charge in [0.2, 0.25) is 0 Å². The van der Waals surface area contributed by atoms with E-state index in [1.807, 2.05) is 20.2 Å². The molecule has 3 rings (SSSR count). The van der Waals surface area contributed by atoms with Crippen LogP contribution >= 0.6 is 39.9 Å². The second-order valence-corrected chi connectivity index (χ2v) is 8.79. The third-order valence-corrected chi connectivity index (χ3v) is 6.05. The molecule has 1 aromatic carbocycles. The predicted molar refractivity (Wildman–Crippen MR) is 132 cm³/mol. The molecule has 0 aliphatic heterocycles. The maximum Gasteiger partial charge on any atom is 0.191 e. The van der Waals surface area contributed by atoms with Crippen molar-refractivity contribution in [1.29, 1.82) is 0 Å². The molecular formula is C21H31BrIN5O. The Bertz CT molecular complexity index is 832. The molecule has 0 spiro atoms. The fraction of sp³-hybridized carbons (Fsp3) is 0.524. The Labute approximate surface area is 198 Å². The van der Waals surface area contributed by atoms with Crippen molar-refractivity contribution in [1.82, 2.24) is 20.4 Å². The molecule has 1 saturated carbocycles. The molecule has 1 aliphatic carbocycles. The molecule has 1 atom stereocenters. The van der Waals surface area contributed by atoms with Gasteiger partial charge in [0.15, 0.2) is 5.96 Å². The lowest BCUT2D eigenvalue weighted by molar-refractivity contribution is 0.0671. The molecule has 3 N–H and O–H groups in total. The third-order valence-electron chi connectivity index (χ3n) is 5.56. The number of guanidine groups is 1. The van der Waals surface area contributed by atoms with Crippen LogP contribution in [0.5, 0.6) is 0 Å². The van der Waals surface area contributed by atoms with Gasteiger partial charge in [-0.25, -0.2) is 4.99 Å². The number of hydrogen-bond donors (Lipinski definition) is 3. The van der Waals surface area contributed by atoms with Crippen LogP contribution in [0.1, 0.15) is 44.2 Å². The molecule has 1 unspecified atom stereocenters. The summed E-state index contributed by atoms with van der Waals surface area (Å²) in [5.41, 5.74) is 1.21. The summed E-state index contributed by atoms with van der Waals surface area (Å²) in [7, 11) is 1.84. The van der Waals surface area contributed by atoms with Crippen molar-refractivity contribution < 1.29 is 5.11 Å². The summed E-state index contributed by atoms with van der Waals surface area (Å²) in [5.74, 6) is 0.730. The highest BCUT2D eigenvalue weighted by Gasteiger charge is 2.38. The van der Waals surface area contributed by atoms with Crippen LogP contribution in [0.2, 0.25) is 0 Å². The van der Waals surface area contributed by atoms with Crippen LogP contribution < -0.4 is 10.6 Å². The van der Waals surface area contributed by atoms with Crippen molar-refractivity contribution >= 4 is 45.9 Å². The molecule has 0 radical (unpaired) electrons. The molecule has 2 aromatic rings. The quantitative estimate of drug-likeness (QED) is 0.267. The van der Waals surface area contributed by atoms with Crippen LogP contribution in [0.3, 0.4) is 0 Å². The molecule has 0 saturated heterocycles. The van der Waals surface area contributed by atoms with Crippen molar-refractivity contribution in [3.8, 4) is 0 Å². The monoisotopic (exact) mass is 575 g/mol. The number of rotatable bonds is 7. The standard InChI is InChI=1S/C21H30BrN5O.HI/c1-4-23-19(24-14-20(2,28)17-12-26-27(3)13-17)25-15-21(9-6-10-21)16-7-5-8-18(22)11-16;/h5,7-8,11-13,28H,4,6,9-10,14-15H2,1-3H3,(H2,23,24,25);1H. The van der Waals surface area contributed by atoms with Gasteiger partial charge in [-0.15, -0.1) is 24.0 Å². The van der Waals surface area contributed by atoms with E-state index in [2.05, 4.69) is 60.9 Å². The topological polar surface area (TPSA) is 74.5 Å². The van der Waals surface area contributed by atoms with E-state index >= 15 is 0 Å². The van der Waals surface area contributed by atoms with Crippen LogP contribution in [0, 0.1) is 0 Å². The number of aryl methyl sites for hydroxylation is 1. The average Bonchev–Trinajstić information content (AvgIpc) is 3.06. The number of hydrogen-bond acceptors (Lipinski definition) is 3. The number of aliphatic hydroxyl groups is 1. The molecule has 8 heteroatoms. The Morgan fingerprint density at radius 3 is 2.69 bits per heavy atom. The van der Waals surface area contributed by atoms with Gasteiger partial charge in [-0.3, -0.25) is 4.68 Å². The molecule has 0 amide bonds. The summed E-state index contributed by atoms with van der Waals surface area (Å²) in [6, 6.07) is 8.60. The Morgan fingerprint density at radius 2 is 2.14 bits per heavy atom. The first kappa shape index (κ1) is 24.1. The Balaban J connectivity index is 0.00000300. The lowest BCUT2D eigenvalue weighted by Gasteiger charge is -2.43. The lowest BCUT2D eigenvalue weighted by atomic mass is 9.64. The lowest BCUT2D eigenvalue weighted by Crippen LogP contribution is -2.49. The number of halogens is 2. The smallest absolute Gasteiger partial charge is 0.191 e. The summed E-state index contributed by atoms with van der Waals surface area (Å²) in [5, 5.41) is 21.7. The largest absolute Gasteiger partial charge is 0.383 e. The minimum atomic E-state index is -1.06. The maximum absolute atomic E-state index is 10.8. The normalized spacial score (nSPS) is 17.6. The number of nitrogens with zero attached hydrogens (tertiary/aromatic N) is 3. The van der Waals surface area contributed by atoms with E-state index in [-0.39, 0.29) is 35.9 Å². The van der Waals surface area contributed by atoms with Gasteiger partial charge < -0.3 is 15.7 Å². The van der Waals surface area contributed by atoms with E-state index in [9.17, 15) is 5.11 Å². The zero-order valence-electron chi connectivity index (χ0n) is 17.3. The molecule has 29 heavy (non-hydrogen) atoms. The average molecular weight is 576 g/mol. The van der Waals surface area contributed by atoms with E-state index < -0.39 is 5.60 Å². The van der Waals surface area contributed by atoms with Crippen LogP contribution in [0.15, 0.2) is 46.1 Å². The Morgan fingerprint density at radius 1 is 1.38 bits per heavy atom. The van der Waals surface area contributed by atoms with Gasteiger partial charge in [-0.05, 0) is 44.4 Å². The summed E-state index contributed by atoms with van der Waals surface area (Å²) in [6.07, 6.45) is 7.10.